The van der Waals surface area contributed by atoms with E-state index in [0.717, 1.165) is 0 Å². The number of nitrogens with one attached hydrogen (secondary N) is 1. The molecule has 1 heterocycles. The van der Waals surface area contributed by atoms with Crippen LogP contribution in [0.15, 0.2) is 24.3 Å². The molecule has 0 fully saturated rings. The van der Waals surface area contributed by atoms with E-state index in [1.54, 1.807) is 0 Å². The molecule has 0 unspecified atom stereocenters. The van der Waals surface area contributed by atoms with E-state index in [-0.39, 0.29) is 0 Å². The second-order valence-electron chi connectivity index (χ2n) is 4.30. The number of benzene rings is 1. The van der Waals surface area contributed by atoms with Crippen LogP contribution in [0, 0.1) is 0 Å². The Balaban J connectivity index is 2.42. The number of anilines is 1. The van der Waals surface area contributed by atoms with E-state index in [4.69, 9.17) is 0 Å². The van der Waals surface area contributed by atoms with Gasteiger partial charge in [-0.3, -0.25) is 0 Å². The summed E-state index contributed by atoms with van der Waals surface area (Å²) in [6.07, 6.45) is 2.39. The fourth-order valence-electron chi connectivity index (χ4n) is 2.70. The quantitative estimate of drug-likeness (QED) is 0.746. The second-order valence-corrected chi connectivity index (χ2v) is 4.30. The van der Waals surface area contributed by atoms with Crippen LogP contribution in [0.25, 0.3) is 0 Å². The minimum atomic E-state index is 0.295. The largest absolute Gasteiger partial charge is 0.379 e. The second kappa shape index (κ2) is 3.30. The SMILES string of the molecule is CCC1(CC)Nc2ccccc2[C@H]1C. The van der Waals surface area contributed by atoms with Gasteiger partial charge in [-0.15, -0.1) is 0 Å². The lowest BCUT2D eigenvalue weighted by Crippen LogP contribution is -2.37. The molecule has 1 heteroatoms. The zero-order valence-electron chi connectivity index (χ0n) is 9.30. The predicted molar refractivity (Wildman–Crippen MR) is 61.8 cm³/mol. The van der Waals surface area contributed by atoms with Gasteiger partial charge in [-0.05, 0) is 24.5 Å². The lowest BCUT2D eigenvalue weighted by Gasteiger charge is -2.32. The third-order valence-corrected chi connectivity index (χ3v) is 3.90. The first-order valence-corrected chi connectivity index (χ1v) is 5.60. The Kier molecular flexibility index (Phi) is 2.26. The monoisotopic (exact) mass is 189 g/mol. The van der Waals surface area contributed by atoms with Crippen molar-refractivity contribution in [2.24, 2.45) is 0 Å². The molecule has 14 heavy (non-hydrogen) atoms. The fourth-order valence-corrected chi connectivity index (χ4v) is 2.70. The van der Waals surface area contributed by atoms with Crippen molar-refractivity contribution in [1.29, 1.82) is 0 Å². The number of hydrogen-bond acceptors (Lipinski definition) is 1. The molecule has 0 spiro atoms. The molecule has 0 saturated carbocycles. The normalized spacial score (nSPS) is 22.9. The molecule has 0 aromatic heterocycles. The van der Waals surface area contributed by atoms with Gasteiger partial charge in [-0.25, -0.2) is 0 Å². The Labute approximate surface area is 86.5 Å². The van der Waals surface area contributed by atoms with Crippen LogP contribution in [-0.4, -0.2) is 5.54 Å². The molecule has 1 atom stereocenters. The van der Waals surface area contributed by atoms with Gasteiger partial charge in [0.2, 0.25) is 0 Å². The number of rotatable bonds is 2. The van der Waals surface area contributed by atoms with Gasteiger partial charge in [-0.1, -0.05) is 39.0 Å². The maximum Gasteiger partial charge on any atom is 0.0435 e. The minimum absolute atomic E-state index is 0.295. The van der Waals surface area contributed by atoms with E-state index >= 15 is 0 Å². The topological polar surface area (TPSA) is 12.0 Å². The Hall–Kier alpha value is -0.980. The van der Waals surface area contributed by atoms with Crippen molar-refractivity contribution in [1.82, 2.24) is 0 Å². The van der Waals surface area contributed by atoms with Crippen molar-refractivity contribution in [2.75, 3.05) is 5.32 Å². The molecule has 0 bridgehead atoms. The maximum absolute atomic E-state index is 3.70. The van der Waals surface area contributed by atoms with E-state index < -0.39 is 0 Å². The van der Waals surface area contributed by atoms with Crippen LogP contribution in [0.2, 0.25) is 0 Å². The summed E-state index contributed by atoms with van der Waals surface area (Å²) >= 11 is 0. The Morgan fingerprint density at radius 2 is 1.86 bits per heavy atom. The van der Waals surface area contributed by atoms with Gasteiger partial charge in [0.25, 0.3) is 0 Å². The summed E-state index contributed by atoms with van der Waals surface area (Å²) in [7, 11) is 0. The van der Waals surface area contributed by atoms with Crippen molar-refractivity contribution >= 4 is 5.69 Å². The van der Waals surface area contributed by atoms with Crippen LogP contribution < -0.4 is 5.32 Å². The maximum atomic E-state index is 3.70. The summed E-state index contributed by atoms with van der Waals surface area (Å²) in [6, 6.07) is 8.69. The molecule has 0 aliphatic carbocycles. The molecule has 1 N–H and O–H groups in total. The highest BCUT2D eigenvalue weighted by atomic mass is 15.0. The van der Waals surface area contributed by atoms with Crippen LogP contribution in [0.3, 0.4) is 0 Å². The highest BCUT2D eigenvalue weighted by Gasteiger charge is 2.39. The standard InChI is InChI=1S/C13H19N/c1-4-13(5-2)10(3)11-8-6-7-9-12(11)14-13/h6-10,14H,4-5H2,1-3H3/t10-/m1/s1. The first-order chi connectivity index (χ1) is 6.73. The van der Waals surface area contributed by atoms with Crippen molar-refractivity contribution in [2.45, 2.75) is 45.1 Å². The van der Waals surface area contributed by atoms with E-state index in [0.29, 0.717) is 11.5 Å². The summed E-state index contributed by atoms with van der Waals surface area (Å²) in [4.78, 5) is 0. The summed E-state index contributed by atoms with van der Waals surface area (Å²) in [6.45, 7) is 6.89. The Morgan fingerprint density at radius 3 is 2.43 bits per heavy atom. The molecular formula is C13H19N. The van der Waals surface area contributed by atoms with Crippen LogP contribution in [0.1, 0.15) is 45.1 Å². The van der Waals surface area contributed by atoms with Crippen LogP contribution >= 0.6 is 0 Å². The van der Waals surface area contributed by atoms with E-state index in [9.17, 15) is 0 Å². The molecule has 1 aromatic rings. The van der Waals surface area contributed by atoms with Gasteiger partial charge in [0.15, 0.2) is 0 Å². The van der Waals surface area contributed by atoms with E-state index in [1.807, 2.05) is 0 Å². The number of hydrogen-bond donors (Lipinski definition) is 1. The lowest BCUT2D eigenvalue weighted by molar-refractivity contribution is 0.390. The number of para-hydroxylation sites is 1. The third kappa shape index (κ3) is 1.15. The van der Waals surface area contributed by atoms with Crippen LogP contribution in [0.4, 0.5) is 5.69 Å². The number of fused-ring (bicyclic) bond motifs is 1. The van der Waals surface area contributed by atoms with Crippen molar-refractivity contribution in [3.8, 4) is 0 Å². The average Bonchev–Trinajstić information content (AvgIpc) is 2.53. The highest BCUT2D eigenvalue weighted by Crippen LogP contribution is 2.45. The zero-order chi connectivity index (χ0) is 10.2. The van der Waals surface area contributed by atoms with Gasteiger partial charge < -0.3 is 5.32 Å². The molecule has 0 radical (unpaired) electrons. The first kappa shape index (κ1) is 9.57. The predicted octanol–water partition coefficient (Wildman–Crippen LogP) is 3.77. The molecule has 1 aromatic carbocycles. The van der Waals surface area contributed by atoms with Gasteiger partial charge in [-0.2, -0.15) is 0 Å². The van der Waals surface area contributed by atoms with Gasteiger partial charge in [0, 0.05) is 17.1 Å². The fraction of sp³-hybridized carbons (Fsp3) is 0.538. The van der Waals surface area contributed by atoms with Gasteiger partial charge in [0.05, 0.1) is 0 Å². The smallest absolute Gasteiger partial charge is 0.0435 e. The molecule has 1 aliphatic rings. The van der Waals surface area contributed by atoms with E-state index in [2.05, 4.69) is 50.4 Å². The molecule has 2 rings (SSSR count). The molecule has 1 aliphatic heterocycles. The van der Waals surface area contributed by atoms with Gasteiger partial charge >= 0.3 is 0 Å². The highest BCUT2D eigenvalue weighted by molar-refractivity contribution is 5.61. The zero-order valence-corrected chi connectivity index (χ0v) is 9.30. The van der Waals surface area contributed by atoms with Crippen molar-refractivity contribution in [3.63, 3.8) is 0 Å². The summed E-state index contributed by atoms with van der Waals surface area (Å²) in [5.41, 5.74) is 3.11. The summed E-state index contributed by atoms with van der Waals surface area (Å²) in [5, 5.41) is 3.70. The average molecular weight is 189 g/mol. The minimum Gasteiger partial charge on any atom is -0.379 e. The van der Waals surface area contributed by atoms with Crippen molar-refractivity contribution in [3.05, 3.63) is 29.8 Å². The van der Waals surface area contributed by atoms with Crippen LogP contribution in [-0.2, 0) is 0 Å². The third-order valence-electron chi connectivity index (χ3n) is 3.90. The lowest BCUT2D eigenvalue weighted by atomic mass is 9.80. The summed E-state index contributed by atoms with van der Waals surface area (Å²) < 4.78 is 0. The Bertz CT molecular complexity index is 326. The van der Waals surface area contributed by atoms with E-state index in [1.165, 1.54) is 24.1 Å². The Morgan fingerprint density at radius 1 is 1.21 bits per heavy atom. The molecule has 1 nitrogen and oxygen atoms in total. The first-order valence-electron chi connectivity index (χ1n) is 5.60. The summed E-state index contributed by atoms with van der Waals surface area (Å²) in [5.74, 6) is 0.633. The molecule has 0 saturated heterocycles. The van der Waals surface area contributed by atoms with Crippen molar-refractivity contribution < 1.29 is 0 Å². The van der Waals surface area contributed by atoms with Gasteiger partial charge in [0.1, 0.15) is 0 Å². The molecular weight excluding hydrogens is 170 g/mol. The molecule has 0 amide bonds. The molecule has 76 valence electrons. The van der Waals surface area contributed by atoms with Crippen LogP contribution in [0.5, 0.6) is 0 Å².